The summed E-state index contributed by atoms with van der Waals surface area (Å²) in [6, 6.07) is 6.44. The monoisotopic (exact) mass is 296 g/mol. The molecule has 2 N–H and O–H groups in total. The molecule has 1 aromatic carbocycles. The predicted molar refractivity (Wildman–Crippen MR) is 84.9 cm³/mol. The minimum Gasteiger partial charge on any atom is -0.395 e. The molecule has 0 fully saturated rings. The topological polar surface area (TPSA) is 40.5 Å². The predicted octanol–water partition coefficient (Wildman–Crippen LogP) is 4.19. The summed E-state index contributed by atoms with van der Waals surface area (Å²) in [5, 5.41) is 19.4. The fourth-order valence-electron chi connectivity index (χ4n) is 2.82. The van der Waals surface area contributed by atoms with E-state index in [0.29, 0.717) is 12.0 Å². The molecule has 0 saturated carbocycles. The van der Waals surface area contributed by atoms with Crippen molar-refractivity contribution in [2.75, 3.05) is 13.2 Å². The third-order valence-corrected chi connectivity index (χ3v) is 4.31. The maximum Gasteiger partial charge on any atom is 0.127 e. The number of hydrogen-bond acceptors (Lipinski definition) is 2. The van der Waals surface area contributed by atoms with Gasteiger partial charge in [-0.3, -0.25) is 0 Å². The van der Waals surface area contributed by atoms with E-state index < -0.39 is 5.41 Å². The molecular formula is C18H29FO2. The lowest BCUT2D eigenvalue weighted by molar-refractivity contribution is 0.104. The Labute approximate surface area is 128 Å². The fourth-order valence-corrected chi connectivity index (χ4v) is 2.82. The number of unbranched alkanes of at least 4 members (excludes halogenated alkanes) is 6. The van der Waals surface area contributed by atoms with Crippen molar-refractivity contribution < 1.29 is 14.6 Å². The van der Waals surface area contributed by atoms with Gasteiger partial charge in [-0.2, -0.15) is 0 Å². The third-order valence-electron chi connectivity index (χ3n) is 4.31. The molecule has 0 spiro atoms. The molecule has 0 atom stereocenters. The van der Waals surface area contributed by atoms with Crippen molar-refractivity contribution in [3.8, 4) is 0 Å². The van der Waals surface area contributed by atoms with Crippen molar-refractivity contribution in [3.63, 3.8) is 0 Å². The number of aliphatic hydroxyl groups excluding tert-OH is 2. The van der Waals surface area contributed by atoms with Crippen LogP contribution in [0.2, 0.25) is 0 Å². The lowest BCUT2D eigenvalue weighted by atomic mass is 9.77. The van der Waals surface area contributed by atoms with Crippen LogP contribution in [-0.2, 0) is 5.41 Å². The van der Waals surface area contributed by atoms with E-state index in [4.69, 9.17) is 0 Å². The van der Waals surface area contributed by atoms with Gasteiger partial charge in [-0.1, -0.05) is 70.1 Å². The standard InChI is InChI=1S/C18H29FO2/c1-2-3-4-5-6-7-10-13-18(14-20,15-21)16-11-8-9-12-17(16)19/h8-9,11-12,20-21H,2-7,10,13-15H2,1H3. The summed E-state index contributed by atoms with van der Waals surface area (Å²) in [7, 11) is 0. The smallest absolute Gasteiger partial charge is 0.127 e. The molecule has 1 rings (SSSR count). The van der Waals surface area contributed by atoms with Gasteiger partial charge < -0.3 is 10.2 Å². The molecular weight excluding hydrogens is 267 g/mol. The van der Waals surface area contributed by atoms with Crippen molar-refractivity contribution >= 4 is 0 Å². The summed E-state index contributed by atoms with van der Waals surface area (Å²) in [5.41, 5.74) is -0.421. The number of rotatable bonds is 11. The van der Waals surface area contributed by atoms with Crippen LogP contribution < -0.4 is 0 Å². The first-order chi connectivity index (χ1) is 10.2. The van der Waals surface area contributed by atoms with Gasteiger partial charge in [0.15, 0.2) is 0 Å². The molecule has 0 heterocycles. The highest BCUT2D eigenvalue weighted by atomic mass is 19.1. The second kappa shape index (κ2) is 9.91. The minimum absolute atomic E-state index is 0.222. The van der Waals surface area contributed by atoms with Crippen LogP contribution in [0.25, 0.3) is 0 Å². The zero-order valence-corrected chi connectivity index (χ0v) is 13.2. The second-order valence-electron chi connectivity index (χ2n) is 5.95. The summed E-state index contributed by atoms with van der Waals surface area (Å²) in [6.07, 6.45) is 8.80. The average Bonchev–Trinajstić information content (AvgIpc) is 2.52. The highest BCUT2D eigenvalue weighted by Crippen LogP contribution is 2.31. The van der Waals surface area contributed by atoms with Crippen molar-refractivity contribution in [1.82, 2.24) is 0 Å². The van der Waals surface area contributed by atoms with Crippen LogP contribution in [-0.4, -0.2) is 23.4 Å². The molecule has 120 valence electrons. The lowest BCUT2D eigenvalue weighted by Crippen LogP contribution is -2.35. The molecule has 0 aliphatic heterocycles. The van der Waals surface area contributed by atoms with E-state index in [9.17, 15) is 14.6 Å². The first-order valence-electron chi connectivity index (χ1n) is 8.17. The van der Waals surface area contributed by atoms with E-state index in [-0.39, 0.29) is 19.0 Å². The molecule has 0 aromatic heterocycles. The normalized spacial score (nSPS) is 11.8. The van der Waals surface area contributed by atoms with E-state index in [1.165, 1.54) is 38.2 Å². The van der Waals surface area contributed by atoms with Crippen molar-refractivity contribution in [3.05, 3.63) is 35.6 Å². The molecule has 3 heteroatoms. The second-order valence-corrected chi connectivity index (χ2v) is 5.95. The van der Waals surface area contributed by atoms with E-state index in [0.717, 1.165) is 12.8 Å². The number of hydrogen-bond donors (Lipinski definition) is 2. The van der Waals surface area contributed by atoms with Gasteiger partial charge in [0.2, 0.25) is 0 Å². The van der Waals surface area contributed by atoms with Crippen molar-refractivity contribution in [2.45, 2.75) is 63.7 Å². The lowest BCUT2D eigenvalue weighted by Gasteiger charge is -2.30. The molecule has 21 heavy (non-hydrogen) atoms. The summed E-state index contributed by atoms with van der Waals surface area (Å²) < 4.78 is 14.0. The Bertz CT molecular complexity index is 389. The Morgan fingerprint density at radius 3 is 2.05 bits per heavy atom. The average molecular weight is 296 g/mol. The maximum absolute atomic E-state index is 14.0. The largest absolute Gasteiger partial charge is 0.395 e. The Morgan fingerprint density at radius 2 is 1.48 bits per heavy atom. The van der Waals surface area contributed by atoms with E-state index in [1.54, 1.807) is 18.2 Å². The van der Waals surface area contributed by atoms with Crippen LogP contribution >= 0.6 is 0 Å². The Balaban J connectivity index is 2.52. The maximum atomic E-state index is 14.0. The molecule has 0 unspecified atom stereocenters. The van der Waals surface area contributed by atoms with Crippen LogP contribution in [0.3, 0.4) is 0 Å². The highest BCUT2D eigenvalue weighted by molar-refractivity contribution is 5.27. The van der Waals surface area contributed by atoms with Crippen LogP contribution in [0.5, 0.6) is 0 Å². The Morgan fingerprint density at radius 1 is 0.905 bits per heavy atom. The van der Waals surface area contributed by atoms with Crippen LogP contribution in [0.15, 0.2) is 24.3 Å². The molecule has 1 aromatic rings. The summed E-state index contributed by atoms with van der Waals surface area (Å²) in [4.78, 5) is 0. The van der Waals surface area contributed by atoms with Crippen LogP contribution in [0.1, 0.15) is 63.9 Å². The van der Waals surface area contributed by atoms with Gasteiger partial charge in [-0.25, -0.2) is 4.39 Å². The molecule has 0 radical (unpaired) electrons. The number of benzene rings is 1. The first-order valence-corrected chi connectivity index (χ1v) is 8.17. The third kappa shape index (κ3) is 5.40. The molecule has 0 aliphatic rings. The van der Waals surface area contributed by atoms with Gasteiger partial charge >= 0.3 is 0 Å². The van der Waals surface area contributed by atoms with Crippen molar-refractivity contribution in [2.24, 2.45) is 0 Å². The van der Waals surface area contributed by atoms with Gasteiger partial charge in [-0.15, -0.1) is 0 Å². The summed E-state index contributed by atoms with van der Waals surface area (Å²) in [6.45, 7) is 1.76. The Hall–Kier alpha value is -0.930. The van der Waals surface area contributed by atoms with Crippen molar-refractivity contribution in [1.29, 1.82) is 0 Å². The SMILES string of the molecule is CCCCCCCCCC(CO)(CO)c1ccccc1F. The minimum atomic E-state index is -0.852. The quantitative estimate of drug-likeness (QED) is 0.601. The number of halogens is 1. The zero-order chi connectivity index (χ0) is 15.6. The summed E-state index contributed by atoms with van der Waals surface area (Å²) in [5.74, 6) is -0.344. The molecule has 0 aliphatic carbocycles. The number of aliphatic hydroxyl groups is 2. The van der Waals surface area contributed by atoms with Gasteiger partial charge in [0.25, 0.3) is 0 Å². The molecule has 0 amide bonds. The van der Waals surface area contributed by atoms with Gasteiger partial charge in [-0.05, 0) is 18.1 Å². The van der Waals surface area contributed by atoms with E-state index >= 15 is 0 Å². The van der Waals surface area contributed by atoms with E-state index in [2.05, 4.69) is 6.92 Å². The van der Waals surface area contributed by atoms with E-state index in [1.807, 2.05) is 0 Å². The molecule has 2 nitrogen and oxygen atoms in total. The molecule has 0 bridgehead atoms. The fraction of sp³-hybridized carbons (Fsp3) is 0.667. The van der Waals surface area contributed by atoms with Gasteiger partial charge in [0, 0.05) is 5.41 Å². The van der Waals surface area contributed by atoms with Gasteiger partial charge in [0.05, 0.1) is 13.2 Å². The van der Waals surface area contributed by atoms with Crippen LogP contribution in [0.4, 0.5) is 4.39 Å². The first kappa shape index (κ1) is 18.1. The Kier molecular flexibility index (Phi) is 8.55. The van der Waals surface area contributed by atoms with Crippen LogP contribution in [0, 0.1) is 5.82 Å². The summed E-state index contributed by atoms with van der Waals surface area (Å²) >= 11 is 0. The van der Waals surface area contributed by atoms with Gasteiger partial charge in [0.1, 0.15) is 5.82 Å². The highest BCUT2D eigenvalue weighted by Gasteiger charge is 2.32. The molecule has 0 saturated heterocycles. The zero-order valence-electron chi connectivity index (χ0n) is 13.2.